The van der Waals surface area contributed by atoms with Crippen molar-refractivity contribution in [3.8, 4) is 0 Å². The third kappa shape index (κ3) is 6.54. The molecule has 0 spiro atoms. The number of hydrogen-bond donors (Lipinski definition) is 2. The van der Waals surface area contributed by atoms with Crippen LogP contribution in [0.2, 0.25) is 5.02 Å². The van der Waals surface area contributed by atoms with Crippen LogP contribution in [0.15, 0.2) is 97.2 Å². The minimum absolute atomic E-state index is 0.0111. The molecule has 0 saturated carbocycles. The summed E-state index contributed by atoms with van der Waals surface area (Å²) in [5.41, 5.74) is -2.20. The molecule has 1 atom stereocenters. The van der Waals surface area contributed by atoms with Gasteiger partial charge in [0.1, 0.15) is 5.54 Å². The molecule has 1 aromatic heterocycles. The second kappa shape index (κ2) is 11.0. The van der Waals surface area contributed by atoms with Crippen molar-refractivity contribution in [3.63, 3.8) is 0 Å². The number of pyridine rings is 1. The highest BCUT2D eigenvalue weighted by atomic mass is 35.5. The molecule has 2 N–H and O–H groups in total. The van der Waals surface area contributed by atoms with Crippen LogP contribution in [-0.2, 0) is 24.1 Å². The monoisotopic (exact) mass is 559 g/mol. The largest absolute Gasteiger partial charge is 0.416 e. The Morgan fingerprint density at radius 3 is 2.15 bits per heavy atom. The Morgan fingerprint density at radius 1 is 0.846 bits per heavy atom. The Balaban J connectivity index is 1.88. The van der Waals surface area contributed by atoms with Crippen molar-refractivity contribution < 1.29 is 26.7 Å². The molecular formula is C29H23ClF5N3O. The van der Waals surface area contributed by atoms with Crippen molar-refractivity contribution in [2.24, 2.45) is 0 Å². The van der Waals surface area contributed by atoms with Crippen LogP contribution >= 0.6 is 11.6 Å². The quantitative estimate of drug-likeness (QED) is 0.224. The SMILES string of the molecule is CC(F)(F)c1ccccc1NC(=O)NC(Cc1ccccc1)(c1cccc(C(F)(F)F)c1)c1ccc(Cl)cn1. The molecule has 1 unspecified atom stereocenters. The van der Waals surface area contributed by atoms with E-state index < -0.39 is 34.8 Å². The molecule has 4 rings (SSSR count). The maximum absolute atomic E-state index is 14.2. The van der Waals surface area contributed by atoms with E-state index >= 15 is 0 Å². The smallest absolute Gasteiger partial charge is 0.322 e. The molecule has 202 valence electrons. The minimum Gasteiger partial charge on any atom is -0.322 e. The third-order valence-corrected chi connectivity index (χ3v) is 6.36. The Labute approximate surface area is 226 Å². The lowest BCUT2D eigenvalue weighted by Gasteiger charge is -2.36. The number of alkyl halides is 5. The fourth-order valence-electron chi connectivity index (χ4n) is 4.33. The molecule has 0 saturated heterocycles. The van der Waals surface area contributed by atoms with Crippen LogP contribution in [0.4, 0.5) is 32.4 Å². The zero-order valence-corrected chi connectivity index (χ0v) is 21.3. The number of rotatable bonds is 7. The molecule has 0 aliphatic carbocycles. The summed E-state index contributed by atoms with van der Waals surface area (Å²) in [4.78, 5) is 17.8. The summed E-state index contributed by atoms with van der Waals surface area (Å²) in [6.07, 6.45) is -3.35. The highest BCUT2D eigenvalue weighted by molar-refractivity contribution is 6.30. The fourth-order valence-corrected chi connectivity index (χ4v) is 4.45. The van der Waals surface area contributed by atoms with E-state index in [0.29, 0.717) is 12.5 Å². The Kier molecular flexibility index (Phi) is 7.92. The number of anilines is 1. The lowest BCUT2D eigenvalue weighted by atomic mass is 9.80. The van der Waals surface area contributed by atoms with Crippen LogP contribution in [0.5, 0.6) is 0 Å². The summed E-state index contributed by atoms with van der Waals surface area (Å²) in [5.74, 6) is -3.26. The lowest BCUT2D eigenvalue weighted by molar-refractivity contribution is -0.137. The van der Waals surface area contributed by atoms with Crippen LogP contribution in [0.1, 0.15) is 34.9 Å². The van der Waals surface area contributed by atoms with Gasteiger partial charge in [0.05, 0.1) is 22.0 Å². The Morgan fingerprint density at radius 2 is 1.51 bits per heavy atom. The number of hydrogen-bond acceptors (Lipinski definition) is 2. The number of benzene rings is 3. The van der Waals surface area contributed by atoms with Crippen LogP contribution in [-0.4, -0.2) is 11.0 Å². The van der Waals surface area contributed by atoms with Crippen LogP contribution in [0, 0.1) is 0 Å². The number of urea groups is 1. The average molecular weight is 560 g/mol. The number of halogens is 6. The first-order valence-electron chi connectivity index (χ1n) is 11.8. The summed E-state index contributed by atoms with van der Waals surface area (Å²) in [6.45, 7) is 0.700. The summed E-state index contributed by atoms with van der Waals surface area (Å²) in [7, 11) is 0. The summed E-state index contributed by atoms with van der Waals surface area (Å²) in [6, 6.07) is 20.8. The summed E-state index contributed by atoms with van der Waals surface area (Å²) < 4.78 is 69.7. The Bertz CT molecular complexity index is 1440. The number of nitrogens with zero attached hydrogens (tertiary/aromatic N) is 1. The standard InChI is InChI=1S/C29H23ClF5N3O/c1-27(31,32)23-12-5-6-13-24(23)37-26(39)38-28(17-19-8-3-2-4-9-19,25-15-14-22(30)18-36-25)20-10-7-11-21(16-20)29(33,34)35/h2-16,18H,17H2,1H3,(H2,37,38,39). The van der Waals surface area contributed by atoms with Crippen LogP contribution in [0.25, 0.3) is 0 Å². The molecule has 0 fully saturated rings. The Hall–Kier alpha value is -3.98. The van der Waals surface area contributed by atoms with E-state index in [4.69, 9.17) is 11.6 Å². The number of carbonyl (C=O) groups excluding carboxylic acids is 1. The first-order valence-corrected chi connectivity index (χ1v) is 12.2. The topological polar surface area (TPSA) is 54.0 Å². The maximum Gasteiger partial charge on any atom is 0.416 e. The minimum atomic E-state index is -4.66. The van der Waals surface area contributed by atoms with Crippen LogP contribution < -0.4 is 10.6 Å². The zero-order valence-electron chi connectivity index (χ0n) is 20.6. The van der Waals surface area contributed by atoms with Crippen molar-refractivity contribution in [3.05, 3.63) is 130 Å². The summed E-state index contributed by atoms with van der Waals surface area (Å²) >= 11 is 6.04. The highest BCUT2D eigenvalue weighted by Crippen LogP contribution is 2.38. The molecule has 1 heterocycles. The number of aromatic nitrogens is 1. The van der Waals surface area contributed by atoms with Gasteiger partial charge in [-0.1, -0.05) is 72.3 Å². The van der Waals surface area contributed by atoms with Gasteiger partial charge in [-0.05, 0) is 41.5 Å². The van der Waals surface area contributed by atoms with Gasteiger partial charge in [0.15, 0.2) is 0 Å². The second-order valence-electron chi connectivity index (χ2n) is 9.02. The van der Waals surface area contributed by atoms with Gasteiger partial charge >= 0.3 is 12.2 Å². The highest BCUT2D eigenvalue weighted by Gasteiger charge is 2.40. The van der Waals surface area contributed by atoms with E-state index in [0.717, 1.165) is 12.1 Å². The van der Waals surface area contributed by atoms with Crippen molar-refractivity contribution in [1.29, 1.82) is 0 Å². The zero-order chi connectivity index (χ0) is 28.3. The van der Waals surface area contributed by atoms with Crippen molar-refractivity contribution in [1.82, 2.24) is 10.3 Å². The van der Waals surface area contributed by atoms with Gasteiger partial charge in [-0.3, -0.25) is 4.98 Å². The van der Waals surface area contributed by atoms with Gasteiger partial charge in [0.2, 0.25) is 0 Å². The lowest BCUT2D eigenvalue weighted by Crippen LogP contribution is -2.51. The molecular weight excluding hydrogens is 537 g/mol. The fraction of sp³-hybridized carbons (Fsp3) is 0.172. The molecule has 3 aromatic carbocycles. The van der Waals surface area contributed by atoms with Crippen molar-refractivity contribution in [2.75, 3.05) is 5.32 Å². The summed E-state index contributed by atoms with van der Waals surface area (Å²) in [5, 5.41) is 5.49. The molecule has 0 bridgehead atoms. The number of nitrogens with one attached hydrogen (secondary N) is 2. The van der Waals surface area contributed by atoms with Crippen molar-refractivity contribution >= 4 is 23.3 Å². The predicted octanol–water partition coefficient (Wildman–Crippen LogP) is 8.17. The molecule has 2 amide bonds. The predicted molar refractivity (Wildman–Crippen MR) is 140 cm³/mol. The normalized spacial score (nSPS) is 13.4. The second-order valence-corrected chi connectivity index (χ2v) is 9.46. The number of amides is 2. The van der Waals surface area contributed by atoms with Gasteiger partial charge in [-0.15, -0.1) is 0 Å². The molecule has 4 aromatic rings. The van der Waals surface area contributed by atoms with E-state index in [1.807, 2.05) is 0 Å². The van der Waals surface area contributed by atoms with Gasteiger partial charge in [-0.25, -0.2) is 13.6 Å². The molecule has 0 aliphatic heterocycles. The van der Waals surface area contributed by atoms with E-state index in [2.05, 4.69) is 15.6 Å². The average Bonchev–Trinajstić information content (AvgIpc) is 2.88. The molecule has 0 aliphatic rings. The maximum atomic E-state index is 14.2. The molecule has 39 heavy (non-hydrogen) atoms. The van der Waals surface area contributed by atoms with Gasteiger partial charge in [0, 0.05) is 25.1 Å². The third-order valence-electron chi connectivity index (χ3n) is 6.13. The molecule has 0 radical (unpaired) electrons. The first kappa shape index (κ1) is 28.0. The first-order chi connectivity index (χ1) is 18.4. The van der Waals surface area contributed by atoms with E-state index in [-0.39, 0.29) is 28.4 Å². The van der Waals surface area contributed by atoms with E-state index in [1.54, 1.807) is 30.3 Å². The van der Waals surface area contributed by atoms with Crippen LogP contribution in [0.3, 0.4) is 0 Å². The van der Waals surface area contributed by atoms with Gasteiger partial charge < -0.3 is 10.6 Å². The van der Waals surface area contributed by atoms with Crippen molar-refractivity contribution in [2.45, 2.75) is 31.0 Å². The molecule has 10 heteroatoms. The molecule has 4 nitrogen and oxygen atoms in total. The number of para-hydroxylation sites is 1. The number of carbonyl (C=O) groups is 1. The van der Waals surface area contributed by atoms with Gasteiger partial charge in [-0.2, -0.15) is 13.2 Å². The van der Waals surface area contributed by atoms with E-state index in [1.165, 1.54) is 54.7 Å². The van der Waals surface area contributed by atoms with E-state index in [9.17, 15) is 26.7 Å². The van der Waals surface area contributed by atoms with Gasteiger partial charge in [0.25, 0.3) is 5.92 Å².